The lowest BCUT2D eigenvalue weighted by Gasteiger charge is -2.08. The Kier molecular flexibility index (Phi) is 6.35. The van der Waals surface area contributed by atoms with Gasteiger partial charge in [-0.05, 0) is 42.3 Å². The quantitative estimate of drug-likeness (QED) is 0.806. The van der Waals surface area contributed by atoms with Crippen LogP contribution in [0.2, 0.25) is 5.02 Å². The summed E-state index contributed by atoms with van der Waals surface area (Å²) in [6.07, 6.45) is 0.936. The molecule has 0 saturated heterocycles. The summed E-state index contributed by atoms with van der Waals surface area (Å²) in [6, 6.07) is 10.5. The monoisotopic (exact) mass is 338 g/mol. The van der Waals surface area contributed by atoms with Gasteiger partial charge in [-0.1, -0.05) is 23.7 Å². The summed E-state index contributed by atoms with van der Waals surface area (Å²) < 4.78 is 25.8. The third-order valence-corrected chi connectivity index (χ3v) is 3.54. The molecule has 0 bridgehead atoms. The molecule has 2 N–H and O–H groups in total. The van der Waals surface area contributed by atoms with Crippen LogP contribution in [0.25, 0.3) is 0 Å². The molecule has 0 heterocycles. The topological polar surface area (TPSA) is 41.1 Å². The second kappa shape index (κ2) is 8.48. The van der Waals surface area contributed by atoms with Gasteiger partial charge < -0.3 is 10.6 Å². The van der Waals surface area contributed by atoms with Crippen LogP contribution < -0.4 is 10.6 Å². The van der Waals surface area contributed by atoms with Crippen molar-refractivity contribution in [3.63, 3.8) is 0 Å². The van der Waals surface area contributed by atoms with Crippen LogP contribution in [-0.4, -0.2) is 19.0 Å². The Balaban J connectivity index is 1.65. The SMILES string of the molecule is O=C(CCNc1ccc(F)c(Cl)c1)NCCc1ccc(F)cc1. The second-order valence-corrected chi connectivity index (χ2v) is 5.44. The van der Waals surface area contributed by atoms with Crippen molar-refractivity contribution < 1.29 is 13.6 Å². The van der Waals surface area contributed by atoms with Gasteiger partial charge in [0.15, 0.2) is 0 Å². The molecule has 0 aliphatic rings. The van der Waals surface area contributed by atoms with Crippen molar-refractivity contribution in [3.8, 4) is 0 Å². The molecule has 122 valence electrons. The molecule has 3 nitrogen and oxygen atoms in total. The molecule has 0 unspecified atom stereocenters. The molecule has 1 amide bonds. The van der Waals surface area contributed by atoms with Gasteiger partial charge in [-0.15, -0.1) is 0 Å². The number of hydrogen-bond acceptors (Lipinski definition) is 2. The Bertz CT molecular complexity index is 662. The van der Waals surface area contributed by atoms with E-state index in [1.807, 2.05) is 0 Å². The highest BCUT2D eigenvalue weighted by Gasteiger charge is 2.03. The van der Waals surface area contributed by atoms with Gasteiger partial charge in [0, 0.05) is 25.2 Å². The maximum Gasteiger partial charge on any atom is 0.221 e. The summed E-state index contributed by atoms with van der Waals surface area (Å²) >= 11 is 5.67. The zero-order valence-corrected chi connectivity index (χ0v) is 13.2. The van der Waals surface area contributed by atoms with Gasteiger partial charge in [0.25, 0.3) is 0 Å². The minimum absolute atomic E-state index is 0.0405. The van der Waals surface area contributed by atoms with Crippen molar-refractivity contribution in [2.24, 2.45) is 0 Å². The van der Waals surface area contributed by atoms with E-state index in [1.54, 1.807) is 18.2 Å². The molecule has 0 saturated carbocycles. The van der Waals surface area contributed by atoms with Crippen molar-refractivity contribution in [3.05, 3.63) is 64.7 Å². The third-order valence-electron chi connectivity index (χ3n) is 3.25. The Morgan fingerprint density at radius 3 is 2.48 bits per heavy atom. The van der Waals surface area contributed by atoms with Crippen LogP contribution in [0.1, 0.15) is 12.0 Å². The van der Waals surface area contributed by atoms with E-state index in [-0.39, 0.29) is 16.7 Å². The summed E-state index contributed by atoms with van der Waals surface area (Å²) in [5, 5.41) is 5.84. The largest absolute Gasteiger partial charge is 0.384 e. The summed E-state index contributed by atoms with van der Waals surface area (Å²) in [6.45, 7) is 0.914. The van der Waals surface area contributed by atoms with E-state index >= 15 is 0 Å². The zero-order valence-electron chi connectivity index (χ0n) is 12.4. The lowest BCUT2D eigenvalue weighted by Crippen LogP contribution is -2.27. The first-order chi connectivity index (χ1) is 11.0. The molecule has 2 rings (SSSR count). The van der Waals surface area contributed by atoms with Crippen LogP contribution >= 0.6 is 11.6 Å². The van der Waals surface area contributed by atoms with E-state index in [9.17, 15) is 13.6 Å². The Hall–Kier alpha value is -2.14. The molecule has 2 aromatic carbocycles. The van der Waals surface area contributed by atoms with Gasteiger partial charge in [0.1, 0.15) is 11.6 Å². The molecule has 6 heteroatoms. The molecule has 0 spiro atoms. The minimum Gasteiger partial charge on any atom is -0.384 e. The number of amides is 1. The van der Waals surface area contributed by atoms with Crippen LogP contribution in [0.5, 0.6) is 0 Å². The van der Waals surface area contributed by atoms with Gasteiger partial charge >= 0.3 is 0 Å². The predicted molar refractivity (Wildman–Crippen MR) is 87.6 cm³/mol. The van der Waals surface area contributed by atoms with Crippen molar-refractivity contribution in [2.75, 3.05) is 18.4 Å². The summed E-state index contributed by atoms with van der Waals surface area (Å²) in [4.78, 5) is 11.7. The Morgan fingerprint density at radius 1 is 1.04 bits per heavy atom. The lowest BCUT2D eigenvalue weighted by molar-refractivity contribution is -0.120. The van der Waals surface area contributed by atoms with Gasteiger partial charge in [-0.3, -0.25) is 4.79 Å². The lowest BCUT2D eigenvalue weighted by atomic mass is 10.1. The molecule has 2 aromatic rings. The van der Waals surface area contributed by atoms with Gasteiger partial charge in [-0.25, -0.2) is 8.78 Å². The van der Waals surface area contributed by atoms with Crippen molar-refractivity contribution in [1.82, 2.24) is 5.32 Å². The van der Waals surface area contributed by atoms with E-state index in [1.165, 1.54) is 24.3 Å². The van der Waals surface area contributed by atoms with Gasteiger partial charge in [-0.2, -0.15) is 0 Å². The summed E-state index contributed by atoms with van der Waals surface area (Å²) in [7, 11) is 0. The number of carbonyl (C=O) groups excluding carboxylic acids is 1. The Morgan fingerprint density at radius 2 is 1.78 bits per heavy atom. The predicted octanol–water partition coefficient (Wildman–Crippen LogP) is 3.78. The number of rotatable bonds is 7. The zero-order chi connectivity index (χ0) is 16.7. The van der Waals surface area contributed by atoms with E-state index in [0.29, 0.717) is 31.6 Å². The standard InChI is InChI=1S/C17H17ClF2N2O/c18-15-11-14(5-6-16(15)20)21-10-8-17(23)22-9-7-12-1-3-13(19)4-2-12/h1-6,11,21H,7-10H2,(H,22,23). The maximum absolute atomic E-state index is 13.0. The van der Waals surface area contributed by atoms with Crippen molar-refractivity contribution >= 4 is 23.2 Å². The normalized spacial score (nSPS) is 10.4. The van der Waals surface area contributed by atoms with Crippen LogP contribution in [0.4, 0.5) is 14.5 Å². The van der Waals surface area contributed by atoms with Crippen LogP contribution in [0, 0.1) is 11.6 Å². The van der Waals surface area contributed by atoms with Gasteiger partial charge in [0.05, 0.1) is 5.02 Å². The summed E-state index contributed by atoms with van der Waals surface area (Å²) in [5.41, 5.74) is 1.63. The maximum atomic E-state index is 13.0. The first-order valence-corrected chi connectivity index (χ1v) is 7.62. The first-order valence-electron chi connectivity index (χ1n) is 7.24. The van der Waals surface area contributed by atoms with E-state index < -0.39 is 5.82 Å². The number of halogens is 3. The van der Waals surface area contributed by atoms with Crippen LogP contribution in [0.15, 0.2) is 42.5 Å². The number of nitrogens with one attached hydrogen (secondary N) is 2. The molecule has 0 atom stereocenters. The first kappa shape index (κ1) is 17.2. The number of hydrogen-bond donors (Lipinski definition) is 2. The van der Waals surface area contributed by atoms with Crippen molar-refractivity contribution in [1.29, 1.82) is 0 Å². The fourth-order valence-corrected chi connectivity index (χ4v) is 2.19. The average molecular weight is 339 g/mol. The highest BCUT2D eigenvalue weighted by atomic mass is 35.5. The molecular weight excluding hydrogens is 322 g/mol. The molecule has 23 heavy (non-hydrogen) atoms. The van der Waals surface area contributed by atoms with Crippen LogP contribution in [0.3, 0.4) is 0 Å². The van der Waals surface area contributed by atoms with E-state index in [2.05, 4.69) is 10.6 Å². The van der Waals surface area contributed by atoms with E-state index in [0.717, 1.165) is 5.56 Å². The fourth-order valence-electron chi connectivity index (χ4n) is 2.01. The highest BCUT2D eigenvalue weighted by Crippen LogP contribution is 2.19. The molecule has 0 radical (unpaired) electrons. The fraction of sp³-hybridized carbons (Fsp3) is 0.235. The summed E-state index contributed by atoms with van der Waals surface area (Å²) in [5.74, 6) is -0.840. The highest BCUT2D eigenvalue weighted by molar-refractivity contribution is 6.31. The second-order valence-electron chi connectivity index (χ2n) is 5.03. The molecule has 0 aliphatic heterocycles. The third kappa shape index (κ3) is 5.87. The average Bonchev–Trinajstić information content (AvgIpc) is 2.53. The molecule has 0 aliphatic carbocycles. The van der Waals surface area contributed by atoms with E-state index in [4.69, 9.17) is 11.6 Å². The van der Waals surface area contributed by atoms with Crippen LogP contribution in [-0.2, 0) is 11.2 Å². The Labute approximate surface area is 138 Å². The smallest absolute Gasteiger partial charge is 0.221 e. The molecular formula is C17H17ClF2N2O. The number of anilines is 1. The molecule has 0 aromatic heterocycles. The van der Waals surface area contributed by atoms with Gasteiger partial charge in [0.2, 0.25) is 5.91 Å². The minimum atomic E-state index is -0.476. The number of benzene rings is 2. The molecule has 0 fully saturated rings. The van der Waals surface area contributed by atoms with Crippen molar-refractivity contribution in [2.45, 2.75) is 12.8 Å². The number of carbonyl (C=O) groups is 1.